The number of aromatic nitrogens is 2. The molecule has 0 aliphatic heterocycles. The minimum absolute atomic E-state index is 0.730. The van der Waals surface area contributed by atoms with Gasteiger partial charge in [0.1, 0.15) is 16.5 Å². The zero-order chi connectivity index (χ0) is 13.4. The van der Waals surface area contributed by atoms with E-state index < -0.39 is 0 Å². The summed E-state index contributed by atoms with van der Waals surface area (Å²) in [5.74, 6) is 1.60. The largest absolute Gasteiger partial charge is 0.399 e. The van der Waals surface area contributed by atoms with Gasteiger partial charge in [0.05, 0.1) is 5.39 Å². The third kappa shape index (κ3) is 2.37. The molecule has 1 aromatic carbocycles. The van der Waals surface area contributed by atoms with E-state index in [2.05, 4.69) is 28.3 Å². The Kier molecular flexibility index (Phi) is 2.83. The van der Waals surface area contributed by atoms with Crippen molar-refractivity contribution in [3.8, 4) is 0 Å². The Balaban J connectivity index is 2.09. The Labute approximate surface area is 115 Å². The van der Waals surface area contributed by atoms with Crippen LogP contribution >= 0.6 is 11.3 Å². The van der Waals surface area contributed by atoms with Crippen LogP contribution in [0.3, 0.4) is 0 Å². The number of aryl methyl sites for hydroxylation is 2. The van der Waals surface area contributed by atoms with E-state index >= 15 is 0 Å². The van der Waals surface area contributed by atoms with Crippen LogP contribution in [0, 0.1) is 13.8 Å². The van der Waals surface area contributed by atoms with E-state index in [1.165, 1.54) is 4.88 Å². The Morgan fingerprint density at radius 2 is 2.00 bits per heavy atom. The smallest absolute Gasteiger partial charge is 0.142 e. The average Bonchev–Trinajstić information content (AvgIpc) is 2.69. The molecule has 2 heterocycles. The average molecular weight is 270 g/mol. The maximum Gasteiger partial charge on any atom is 0.142 e. The molecule has 0 spiro atoms. The summed E-state index contributed by atoms with van der Waals surface area (Å²) in [5.41, 5.74) is 7.45. The van der Waals surface area contributed by atoms with E-state index in [-0.39, 0.29) is 0 Å². The summed E-state index contributed by atoms with van der Waals surface area (Å²) in [7, 11) is 0. The van der Waals surface area contributed by atoms with Crippen molar-refractivity contribution in [1.29, 1.82) is 0 Å². The van der Waals surface area contributed by atoms with Crippen molar-refractivity contribution in [2.45, 2.75) is 13.8 Å². The number of nitrogens with zero attached hydrogens (tertiary/aromatic N) is 2. The molecule has 3 N–H and O–H groups in total. The molecule has 0 saturated carbocycles. The van der Waals surface area contributed by atoms with E-state index in [1.807, 2.05) is 31.2 Å². The SMILES string of the molecule is Cc1nc(Nc2cccc(N)c2)c2cc(C)sc2n1. The standard InChI is InChI=1S/C14H14N4S/c1-8-6-12-13(16-9(2)17-14(12)19-8)18-11-5-3-4-10(15)7-11/h3-7H,15H2,1-2H3,(H,16,17,18). The van der Waals surface area contributed by atoms with Gasteiger partial charge in [-0.15, -0.1) is 11.3 Å². The Morgan fingerprint density at radius 1 is 1.16 bits per heavy atom. The molecule has 0 bridgehead atoms. The van der Waals surface area contributed by atoms with Crippen LogP contribution in [-0.2, 0) is 0 Å². The first-order valence-corrected chi connectivity index (χ1v) is 6.81. The van der Waals surface area contributed by atoms with Crippen molar-refractivity contribution in [3.63, 3.8) is 0 Å². The summed E-state index contributed by atoms with van der Waals surface area (Å²) in [6, 6.07) is 9.75. The molecular formula is C14H14N4S. The van der Waals surface area contributed by atoms with Crippen molar-refractivity contribution in [3.05, 3.63) is 41.0 Å². The Bertz CT molecular complexity index is 748. The van der Waals surface area contributed by atoms with Crippen molar-refractivity contribution >= 4 is 38.7 Å². The lowest BCUT2D eigenvalue weighted by atomic mass is 10.2. The number of rotatable bonds is 2. The minimum Gasteiger partial charge on any atom is -0.399 e. The van der Waals surface area contributed by atoms with Crippen LogP contribution in [-0.4, -0.2) is 9.97 Å². The molecular weight excluding hydrogens is 256 g/mol. The number of anilines is 3. The predicted octanol–water partition coefficient (Wildman–Crippen LogP) is 3.63. The lowest BCUT2D eigenvalue weighted by molar-refractivity contribution is 1.10. The first-order chi connectivity index (χ1) is 9.11. The van der Waals surface area contributed by atoms with Gasteiger partial charge in [0.15, 0.2) is 0 Å². The lowest BCUT2D eigenvalue weighted by Gasteiger charge is -2.08. The topological polar surface area (TPSA) is 63.8 Å². The van der Waals surface area contributed by atoms with E-state index in [0.717, 1.165) is 33.2 Å². The number of hydrogen-bond donors (Lipinski definition) is 2. The molecule has 2 aromatic heterocycles. The fraction of sp³-hybridized carbons (Fsp3) is 0.143. The zero-order valence-electron chi connectivity index (χ0n) is 10.8. The van der Waals surface area contributed by atoms with Crippen molar-refractivity contribution in [2.24, 2.45) is 0 Å². The molecule has 0 radical (unpaired) electrons. The molecule has 0 fully saturated rings. The van der Waals surface area contributed by atoms with Gasteiger partial charge < -0.3 is 11.1 Å². The molecule has 0 unspecified atom stereocenters. The number of benzene rings is 1. The second-order valence-corrected chi connectivity index (χ2v) is 5.68. The second-order valence-electron chi connectivity index (χ2n) is 4.45. The fourth-order valence-corrected chi connectivity index (χ4v) is 2.92. The molecule has 0 aliphatic rings. The number of fused-ring (bicyclic) bond motifs is 1. The minimum atomic E-state index is 0.730. The van der Waals surface area contributed by atoms with Gasteiger partial charge in [0.2, 0.25) is 0 Å². The quantitative estimate of drug-likeness (QED) is 0.698. The zero-order valence-corrected chi connectivity index (χ0v) is 11.6. The van der Waals surface area contributed by atoms with Crippen molar-refractivity contribution in [1.82, 2.24) is 9.97 Å². The predicted molar refractivity (Wildman–Crippen MR) is 81.0 cm³/mol. The van der Waals surface area contributed by atoms with Crippen LogP contribution in [0.15, 0.2) is 30.3 Å². The molecule has 96 valence electrons. The number of nitrogens with two attached hydrogens (primary N) is 1. The second kappa shape index (κ2) is 4.51. The van der Waals surface area contributed by atoms with Gasteiger partial charge in [0, 0.05) is 16.3 Å². The molecule has 5 heteroatoms. The number of nitrogen functional groups attached to an aromatic ring is 1. The molecule has 0 aliphatic carbocycles. The molecule has 3 rings (SSSR count). The Morgan fingerprint density at radius 3 is 2.79 bits per heavy atom. The maximum atomic E-state index is 5.79. The molecule has 3 aromatic rings. The first-order valence-electron chi connectivity index (χ1n) is 5.99. The summed E-state index contributed by atoms with van der Waals surface area (Å²) in [4.78, 5) is 11.2. The number of nitrogens with one attached hydrogen (secondary N) is 1. The van der Waals surface area contributed by atoms with Crippen LogP contribution in [0.5, 0.6) is 0 Å². The van der Waals surface area contributed by atoms with Gasteiger partial charge in [-0.3, -0.25) is 0 Å². The third-order valence-electron chi connectivity index (χ3n) is 2.78. The van der Waals surface area contributed by atoms with Gasteiger partial charge in [-0.2, -0.15) is 0 Å². The van der Waals surface area contributed by atoms with Crippen molar-refractivity contribution < 1.29 is 0 Å². The Hall–Kier alpha value is -2.14. The van der Waals surface area contributed by atoms with Gasteiger partial charge in [0.25, 0.3) is 0 Å². The van der Waals surface area contributed by atoms with Gasteiger partial charge in [-0.25, -0.2) is 9.97 Å². The summed E-state index contributed by atoms with van der Waals surface area (Å²) in [5, 5.41) is 4.37. The normalized spacial score (nSPS) is 10.8. The van der Waals surface area contributed by atoms with E-state index in [0.29, 0.717) is 0 Å². The van der Waals surface area contributed by atoms with Gasteiger partial charge in [-0.05, 0) is 38.1 Å². The molecule has 0 amide bonds. The monoisotopic (exact) mass is 270 g/mol. The van der Waals surface area contributed by atoms with Crippen LogP contribution in [0.25, 0.3) is 10.2 Å². The van der Waals surface area contributed by atoms with Crippen LogP contribution in [0.4, 0.5) is 17.2 Å². The summed E-state index contributed by atoms with van der Waals surface area (Å²) in [6.07, 6.45) is 0. The van der Waals surface area contributed by atoms with Crippen LogP contribution in [0.1, 0.15) is 10.7 Å². The first kappa shape index (κ1) is 11.9. The molecule has 4 nitrogen and oxygen atoms in total. The van der Waals surface area contributed by atoms with Gasteiger partial charge in [-0.1, -0.05) is 6.07 Å². The molecule has 0 saturated heterocycles. The van der Waals surface area contributed by atoms with Crippen LogP contribution < -0.4 is 11.1 Å². The number of thiophene rings is 1. The summed E-state index contributed by atoms with van der Waals surface area (Å²) >= 11 is 1.68. The third-order valence-corrected chi connectivity index (χ3v) is 3.72. The highest BCUT2D eigenvalue weighted by Gasteiger charge is 2.09. The van der Waals surface area contributed by atoms with E-state index in [9.17, 15) is 0 Å². The van der Waals surface area contributed by atoms with Crippen LogP contribution in [0.2, 0.25) is 0 Å². The molecule has 0 atom stereocenters. The maximum absolute atomic E-state index is 5.79. The van der Waals surface area contributed by atoms with Crippen molar-refractivity contribution in [2.75, 3.05) is 11.1 Å². The molecule has 19 heavy (non-hydrogen) atoms. The summed E-state index contributed by atoms with van der Waals surface area (Å²) < 4.78 is 0. The number of hydrogen-bond acceptors (Lipinski definition) is 5. The summed E-state index contributed by atoms with van der Waals surface area (Å²) in [6.45, 7) is 3.98. The highest BCUT2D eigenvalue weighted by atomic mass is 32.1. The lowest BCUT2D eigenvalue weighted by Crippen LogP contribution is -1.98. The highest BCUT2D eigenvalue weighted by Crippen LogP contribution is 2.30. The van der Waals surface area contributed by atoms with Gasteiger partial charge >= 0.3 is 0 Å². The fourth-order valence-electron chi connectivity index (χ4n) is 2.00. The van der Waals surface area contributed by atoms with E-state index in [1.54, 1.807) is 11.3 Å². The highest BCUT2D eigenvalue weighted by molar-refractivity contribution is 7.18. The van der Waals surface area contributed by atoms with E-state index in [4.69, 9.17) is 5.73 Å².